The topological polar surface area (TPSA) is 12.9 Å². The number of aromatic nitrogens is 1. The third-order valence-corrected chi connectivity index (χ3v) is 6.09. The number of pyridine rings is 1. The Hall–Kier alpha value is -3.97. The zero-order valence-corrected chi connectivity index (χ0v) is 17.1. The highest BCUT2D eigenvalue weighted by Crippen LogP contribution is 2.39. The second kappa shape index (κ2) is 7.37. The van der Waals surface area contributed by atoms with Crippen molar-refractivity contribution >= 4 is 0 Å². The maximum atomic E-state index is 5.07. The van der Waals surface area contributed by atoms with Crippen LogP contribution in [-0.4, -0.2) is 4.98 Å². The molecule has 6 rings (SSSR count). The van der Waals surface area contributed by atoms with Crippen LogP contribution in [0.1, 0.15) is 11.1 Å². The summed E-state index contributed by atoms with van der Waals surface area (Å²) in [7, 11) is 0. The highest BCUT2D eigenvalue weighted by molar-refractivity contribution is 5.81. The maximum absolute atomic E-state index is 5.07. The first-order valence-electron chi connectivity index (χ1n) is 10.7. The Balaban J connectivity index is 1.50. The van der Waals surface area contributed by atoms with Crippen LogP contribution in [0.15, 0.2) is 115 Å². The third kappa shape index (κ3) is 3.25. The van der Waals surface area contributed by atoms with E-state index in [0.29, 0.717) is 0 Å². The molecule has 0 aliphatic heterocycles. The normalized spacial score (nSPS) is 11.7. The second-order valence-corrected chi connectivity index (χ2v) is 8.06. The molecule has 0 radical (unpaired) electrons. The molecule has 0 spiro atoms. The van der Waals surface area contributed by atoms with Crippen LogP contribution in [0.4, 0.5) is 0 Å². The molecular formula is C30H21N. The van der Waals surface area contributed by atoms with E-state index in [4.69, 9.17) is 4.98 Å². The summed E-state index contributed by atoms with van der Waals surface area (Å²) in [6, 6.07) is 40.9. The van der Waals surface area contributed by atoms with Gasteiger partial charge in [0.05, 0.1) is 11.4 Å². The van der Waals surface area contributed by atoms with Gasteiger partial charge in [0.1, 0.15) is 0 Å². The van der Waals surface area contributed by atoms with Gasteiger partial charge >= 0.3 is 0 Å². The van der Waals surface area contributed by atoms with Crippen LogP contribution in [0, 0.1) is 0 Å². The van der Waals surface area contributed by atoms with Crippen molar-refractivity contribution in [1.29, 1.82) is 0 Å². The average Bonchev–Trinajstić information content (AvgIpc) is 3.23. The quantitative estimate of drug-likeness (QED) is 0.300. The van der Waals surface area contributed by atoms with Gasteiger partial charge in [0.25, 0.3) is 0 Å². The maximum Gasteiger partial charge on any atom is 0.0715 e. The lowest BCUT2D eigenvalue weighted by Crippen LogP contribution is -1.92. The molecule has 5 aromatic rings. The number of hydrogen-bond donors (Lipinski definition) is 0. The van der Waals surface area contributed by atoms with Gasteiger partial charge in [0.2, 0.25) is 0 Å². The van der Waals surface area contributed by atoms with Crippen molar-refractivity contribution in [3.8, 4) is 44.8 Å². The van der Waals surface area contributed by atoms with Crippen LogP contribution < -0.4 is 0 Å². The van der Waals surface area contributed by atoms with Gasteiger partial charge in [-0.3, -0.25) is 0 Å². The molecule has 1 aromatic heterocycles. The van der Waals surface area contributed by atoms with Crippen LogP contribution >= 0.6 is 0 Å². The van der Waals surface area contributed by atoms with E-state index in [0.717, 1.165) is 23.4 Å². The molecule has 1 nitrogen and oxygen atoms in total. The van der Waals surface area contributed by atoms with E-state index in [1.54, 1.807) is 0 Å². The molecule has 1 heterocycles. The smallest absolute Gasteiger partial charge is 0.0715 e. The molecule has 31 heavy (non-hydrogen) atoms. The molecule has 0 N–H and O–H groups in total. The largest absolute Gasteiger partial charge is 0.248 e. The highest BCUT2D eigenvalue weighted by Gasteiger charge is 2.19. The molecular weight excluding hydrogens is 374 g/mol. The summed E-state index contributed by atoms with van der Waals surface area (Å²) in [5, 5.41) is 0. The molecule has 0 amide bonds. The Kier molecular flexibility index (Phi) is 4.25. The molecule has 1 aliphatic carbocycles. The van der Waals surface area contributed by atoms with Gasteiger partial charge in [0, 0.05) is 11.1 Å². The molecule has 0 unspecified atom stereocenters. The first-order chi connectivity index (χ1) is 15.3. The van der Waals surface area contributed by atoms with Crippen LogP contribution in [0.2, 0.25) is 0 Å². The van der Waals surface area contributed by atoms with Crippen LogP contribution in [-0.2, 0) is 6.42 Å². The van der Waals surface area contributed by atoms with Crippen molar-refractivity contribution in [1.82, 2.24) is 4.98 Å². The highest BCUT2D eigenvalue weighted by atomic mass is 14.7. The Bertz CT molecular complexity index is 1330. The van der Waals surface area contributed by atoms with E-state index in [2.05, 4.69) is 109 Å². The number of fused-ring (bicyclic) bond motifs is 3. The molecule has 0 bridgehead atoms. The monoisotopic (exact) mass is 395 g/mol. The predicted molar refractivity (Wildman–Crippen MR) is 129 cm³/mol. The van der Waals surface area contributed by atoms with E-state index >= 15 is 0 Å². The Morgan fingerprint density at radius 1 is 0.419 bits per heavy atom. The summed E-state index contributed by atoms with van der Waals surface area (Å²) in [5.41, 5.74) is 12.2. The van der Waals surface area contributed by atoms with Crippen molar-refractivity contribution < 1.29 is 0 Å². The zero-order valence-electron chi connectivity index (χ0n) is 17.1. The summed E-state index contributed by atoms with van der Waals surface area (Å²) in [6.07, 6.45) is 0.989. The van der Waals surface area contributed by atoms with Gasteiger partial charge in [-0.2, -0.15) is 0 Å². The summed E-state index contributed by atoms with van der Waals surface area (Å²) in [5.74, 6) is 0. The predicted octanol–water partition coefficient (Wildman–Crippen LogP) is 7.65. The molecule has 0 saturated heterocycles. The first kappa shape index (κ1) is 17.9. The first-order valence-corrected chi connectivity index (χ1v) is 10.7. The number of benzene rings is 4. The molecule has 1 aliphatic rings. The van der Waals surface area contributed by atoms with Gasteiger partial charge < -0.3 is 0 Å². The molecule has 146 valence electrons. The molecule has 4 aromatic carbocycles. The molecule has 0 atom stereocenters. The van der Waals surface area contributed by atoms with Gasteiger partial charge in [-0.1, -0.05) is 97.1 Å². The van der Waals surface area contributed by atoms with Crippen molar-refractivity contribution in [2.45, 2.75) is 6.42 Å². The Labute approximate surface area is 182 Å². The minimum Gasteiger partial charge on any atom is -0.248 e. The SMILES string of the molecule is c1ccc(-c2cc(-c3ccccc3)nc(-c3ccc4c(c3)Cc3ccccc3-4)c2)cc1. The summed E-state index contributed by atoms with van der Waals surface area (Å²) >= 11 is 0. The standard InChI is InChI=1S/C30H21N/c1-3-9-21(10-4-1)25-19-29(22-11-5-2-6-12-22)31-30(20-25)24-15-16-28-26(18-24)17-23-13-7-8-14-27(23)28/h1-16,18-20H,17H2. The van der Waals surface area contributed by atoms with Crippen molar-refractivity contribution in [3.05, 3.63) is 126 Å². The number of hydrogen-bond acceptors (Lipinski definition) is 1. The fourth-order valence-electron chi connectivity index (χ4n) is 4.54. The fourth-order valence-corrected chi connectivity index (χ4v) is 4.54. The number of nitrogens with zero attached hydrogens (tertiary/aromatic N) is 1. The van der Waals surface area contributed by atoms with E-state index in [1.165, 1.54) is 38.9 Å². The van der Waals surface area contributed by atoms with Gasteiger partial charge in [-0.15, -0.1) is 0 Å². The number of rotatable bonds is 3. The lowest BCUT2D eigenvalue weighted by molar-refractivity contribution is 1.25. The van der Waals surface area contributed by atoms with Gasteiger partial charge in [0.15, 0.2) is 0 Å². The van der Waals surface area contributed by atoms with Crippen molar-refractivity contribution in [2.24, 2.45) is 0 Å². The van der Waals surface area contributed by atoms with E-state index in [1.807, 2.05) is 6.07 Å². The minimum absolute atomic E-state index is 0.989. The zero-order chi connectivity index (χ0) is 20.6. The van der Waals surface area contributed by atoms with E-state index < -0.39 is 0 Å². The van der Waals surface area contributed by atoms with Crippen molar-refractivity contribution in [3.63, 3.8) is 0 Å². The van der Waals surface area contributed by atoms with Crippen LogP contribution in [0.3, 0.4) is 0 Å². The lowest BCUT2D eigenvalue weighted by Gasteiger charge is -2.11. The third-order valence-electron chi connectivity index (χ3n) is 6.09. The summed E-state index contributed by atoms with van der Waals surface area (Å²) in [4.78, 5) is 5.07. The molecule has 0 fully saturated rings. The van der Waals surface area contributed by atoms with Crippen molar-refractivity contribution in [2.75, 3.05) is 0 Å². The molecule has 0 saturated carbocycles. The van der Waals surface area contributed by atoms with E-state index in [-0.39, 0.29) is 0 Å². The average molecular weight is 396 g/mol. The van der Waals surface area contributed by atoms with Gasteiger partial charge in [-0.25, -0.2) is 4.98 Å². The molecule has 1 heteroatoms. The Morgan fingerprint density at radius 3 is 1.81 bits per heavy atom. The van der Waals surface area contributed by atoms with E-state index in [9.17, 15) is 0 Å². The minimum atomic E-state index is 0.989. The van der Waals surface area contributed by atoms with Crippen LogP contribution in [0.5, 0.6) is 0 Å². The summed E-state index contributed by atoms with van der Waals surface area (Å²) in [6.45, 7) is 0. The second-order valence-electron chi connectivity index (χ2n) is 8.06. The van der Waals surface area contributed by atoms with Crippen LogP contribution in [0.25, 0.3) is 44.8 Å². The fraction of sp³-hybridized carbons (Fsp3) is 0.0333. The Morgan fingerprint density at radius 2 is 1.03 bits per heavy atom. The van der Waals surface area contributed by atoms with Gasteiger partial charge in [-0.05, 0) is 58.0 Å². The lowest BCUT2D eigenvalue weighted by atomic mass is 9.98. The summed E-state index contributed by atoms with van der Waals surface area (Å²) < 4.78 is 0.